The van der Waals surface area contributed by atoms with Gasteiger partial charge in [-0.15, -0.1) is 0 Å². The Bertz CT molecular complexity index is 484. The highest BCUT2D eigenvalue weighted by molar-refractivity contribution is 7.92. The van der Waals surface area contributed by atoms with E-state index in [0.717, 1.165) is 32.0 Å². The summed E-state index contributed by atoms with van der Waals surface area (Å²) in [7, 11) is -3.44. The van der Waals surface area contributed by atoms with Crippen molar-refractivity contribution in [3.63, 3.8) is 0 Å². The first-order chi connectivity index (χ1) is 8.55. The van der Waals surface area contributed by atoms with E-state index in [1.807, 2.05) is 0 Å². The number of pyridine rings is 1. The minimum atomic E-state index is -3.44. The number of aromatic nitrogens is 1. The van der Waals surface area contributed by atoms with Crippen LogP contribution in [0.4, 0.5) is 10.2 Å². The molecule has 100 valence electrons. The Morgan fingerprint density at radius 1 is 1.44 bits per heavy atom. The zero-order valence-electron chi connectivity index (χ0n) is 9.89. The van der Waals surface area contributed by atoms with Crippen LogP contribution in [-0.4, -0.2) is 31.7 Å². The van der Waals surface area contributed by atoms with E-state index in [-0.39, 0.29) is 17.6 Å². The molecule has 2 heterocycles. The molecule has 0 radical (unpaired) electrons. The van der Waals surface area contributed by atoms with Crippen LogP contribution in [0.1, 0.15) is 19.3 Å². The van der Waals surface area contributed by atoms with Crippen molar-refractivity contribution in [2.24, 2.45) is 0 Å². The van der Waals surface area contributed by atoms with Crippen molar-refractivity contribution in [3.05, 3.63) is 24.1 Å². The minimum Gasteiger partial charge on any atom is -0.313 e. The van der Waals surface area contributed by atoms with Gasteiger partial charge in [0.15, 0.2) is 0 Å². The number of anilines is 1. The Morgan fingerprint density at radius 2 is 2.28 bits per heavy atom. The summed E-state index contributed by atoms with van der Waals surface area (Å²) in [5.41, 5.74) is 0. The fourth-order valence-electron chi connectivity index (χ4n) is 1.97. The smallest absolute Gasteiger partial charge is 0.235 e. The van der Waals surface area contributed by atoms with Crippen molar-refractivity contribution in [1.29, 1.82) is 0 Å². The molecule has 1 fully saturated rings. The molecule has 5 nitrogen and oxygen atoms in total. The fourth-order valence-corrected chi connectivity index (χ4v) is 3.31. The third-order valence-corrected chi connectivity index (χ3v) is 4.18. The van der Waals surface area contributed by atoms with E-state index in [4.69, 9.17) is 0 Å². The van der Waals surface area contributed by atoms with Gasteiger partial charge in [-0.1, -0.05) is 6.42 Å². The maximum atomic E-state index is 12.6. The second-order valence-electron chi connectivity index (χ2n) is 4.39. The molecular formula is C11H16FN3O2S. The molecule has 1 aromatic rings. The van der Waals surface area contributed by atoms with Gasteiger partial charge in [-0.2, -0.15) is 0 Å². The highest BCUT2D eigenvalue weighted by Gasteiger charge is 2.21. The largest absolute Gasteiger partial charge is 0.313 e. The molecule has 1 saturated heterocycles. The predicted molar refractivity (Wildman–Crippen MR) is 67.2 cm³/mol. The molecule has 0 spiro atoms. The maximum absolute atomic E-state index is 12.6. The number of hydrogen-bond acceptors (Lipinski definition) is 4. The van der Waals surface area contributed by atoms with Crippen molar-refractivity contribution in [2.45, 2.75) is 25.3 Å². The Kier molecular flexibility index (Phi) is 4.13. The first-order valence-electron chi connectivity index (χ1n) is 5.91. The second kappa shape index (κ2) is 5.62. The van der Waals surface area contributed by atoms with Crippen molar-refractivity contribution >= 4 is 15.8 Å². The topological polar surface area (TPSA) is 71.1 Å². The number of halogens is 1. The van der Waals surface area contributed by atoms with Gasteiger partial charge in [-0.05, 0) is 31.5 Å². The van der Waals surface area contributed by atoms with Gasteiger partial charge in [0, 0.05) is 6.04 Å². The Morgan fingerprint density at radius 3 is 2.89 bits per heavy atom. The van der Waals surface area contributed by atoms with Crippen LogP contribution in [0.3, 0.4) is 0 Å². The predicted octanol–water partition coefficient (Wildman–Crippen LogP) is 1.10. The summed E-state index contributed by atoms with van der Waals surface area (Å²) in [5, 5.41) is 3.17. The summed E-state index contributed by atoms with van der Waals surface area (Å²) in [5.74, 6) is -0.328. The first-order valence-corrected chi connectivity index (χ1v) is 7.56. The lowest BCUT2D eigenvalue weighted by atomic mass is 10.1. The molecule has 1 aliphatic heterocycles. The summed E-state index contributed by atoms with van der Waals surface area (Å²) >= 11 is 0. The van der Waals surface area contributed by atoms with Gasteiger partial charge >= 0.3 is 0 Å². The zero-order chi connectivity index (χ0) is 13.0. The standard InChI is InChI=1S/C11H16FN3O2S/c12-9-4-5-11(14-7-9)15-18(16,17)8-10-3-1-2-6-13-10/h4-5,7,10,13H,1-3,6,8H2,(H,14,15). The van der Waals surface area contributed by atoms with Gasteiger partial charge in [0.2, 0.25) is 10.0 Å². The molecule has 18 heavy (non-hydrogen) atoms. The lowest BCUT2D eigenvalue weighted by molar-refractivity contribution is 0.424. The van der Waals surface area contributed by atoms with Crippen LogP contribution in [0, 0.1) is 5.82 Å². The molecule has 0 aliphatic carbocycles. The SMILES string of the molecule is O=S(=O)(CC1CCCCN1)Nc1ccc(F)cn1. The van der Waals surface area contributed by atoms with Gasteiger partial charge in [0.1, 0.15) is 11.6 Å². The summed E-state index contributed by atoms with van der Waals surface area (Å²) in [6.07, 6.45) is 3.97. The molecule has 0 saturated carbocycles. The van der Waals surface area contributed by atoms with Crippen LogP contribution in [0.25, 0.3) is 0 Å². The van der Waals surface area contributed by atoms with Crippen LogP contribution >= 0.6 is 0 Å². The lowest BCUT2D eigenvalue weighted by Crippen LogP contribution is -2.40. The van der Waals surface area contributed by atoms with E-state index in [0.29, 0.717) is 0 Å². The summed E-state index contributed by atoms with van der Waals surface area (Å²) in [6.45, 7) is 0.856. The van der Waals surface area contributed by atoms with E-state index in [2.05, 4.69) is 15.0 Å². The Hall–Kier alpha value is -1.21. The van der Waals surface area contributed by atoms with Crippen LogP contribution < -0.4 is 10.0 Å². The van der Waals surface area contributed by atoms with Gasteiger partial charge in [-0.25, -0.2) is 17.8 Å². The molecule has 1 atom stereocenters. The second-order valence-corrected chi connectivity index (χ2v) is 6.16. The number of nitrogens with zero attached hydrogens (tertiary/aromatic N) is 1. The van der Waals surface area contributed by atoms with Crippen LogP contribution in [0.15, 0.2) is 18.3 Å². The average molecular weight is 273 g/mol. The van der Waals surface area contributed by atoms with Crippen molar-refractivity contribution in [2.75, 3.05) is 17.0 Å². The van der Waals surface area contributed by atoms with E-state index in [1.54, 1.807) is 0 Å². The molecule has 1 aliphatic rings. The minimum absolute atomic E-state index is 0.0169. The quantitative estimate of drug-likeness (QED) is 0.862. The molecular weight excluding hydrogens is 257 g/mol. The molecule has 0 bridgehead atoms. The highest BCUT2D eigenvalue weighted by atomic mass is 32.2. The van der Waals surface area contributed by atoms with E-state index < -0.39 is 15.8 Å². The van der Waals surface area contributed by atoms with E-state index in [9.17, 15) is 12.8 Å². The number of nitrogens with one attached hydrogen (secondary N) is 2. The van der Waals surface area contributed by atoms with Gasteiger partial charge in [-0.3, -0.25) is 4.72 Å². The van der Waals surface area contributed by atoms with Crippen molar-refractivity contribution in [3.8, 4) is 0 Å². The maximum Gasteiger partial charge on any atom is 0.235 e. The van der Waals surface area contributed by atoms with E-state index in [1.165, 1.54) is 12.1 Å². The zero-order valence-corrected chi connectivity index (χ0v) is 10.7. The first kappa shape index (κ1) is 13.2. The van der Waals surface area contributed by atoms with Gasteiger partial charge in [0.25, 0.3) is 0 Å². The van der Waals surface area contributed by atoms with Crippen molar-refractivity contribution < 1.29 is 12.8 Å². The molecule has 0 aromatic carbocycles. The molecule has 1 unspecified atom stereocenters. The number of hydrogen-bond donors (Lipinski definition) is 2. The number of rotatable bonds is 4. The van der Waals surface area contributed by atoms with Gasteiger partial charge < -0.3 is 5.32 Å². The average Bonchev–Trinajstić information content (AvgIpc) is 2.32. The summed E-state index contributed by atoms with van der Waals surface area (Å²) < 4.78 is 38.7. The summed E-state index contributed by atoms with van der Waals surface area (Å²) in [6, 6.07) is 2.46. The Labute approximate surface area is 106 Å². The fraction of sp³-hybridized carbons (Fsp3) is 0.545. The monoisotopic (exact) mass is 273 g/mol. The Balaban J connectivity index is 1.96. The molecule has 1 aromatic heterocycles. The molecule has 2 N–H and O–H groups in total. The van der Waals surface area contributed by atoms with Gasteiger partial charge in [0.05, 0.1) is 11.9 Å². The molecule has 7 heteroatoms. The molecule has 2 rings (SSSR count). The lowest BCUT2D eigenvalue weighted by Gasteiger charge is -2.23. The normalized spacial score (nSPS) is 20.6. The third-order valence-electron chi connectivity index (χ3n) is 2.82. The number of piperidine rings is 1. The molecule has 0 amide bonds. The number of sulfonamides is 1. The third kappa shape index (κ3) is 3.92. The van der Waals surface area contributed by atoms with Crippen molar-refractivity contribution in [1.82, 2.24) is 10.3 Å². The summed E-state index contributed by atoms with van der Waals surface area (Å²) in [4.78, 5) is 3.67. The van der Waals surface area contributed by atoms with E-state index >= 15 is 0 Å². The highest BCUT2D eigenvalue weighted by Crippen LogP contribution is 2.11. The van der Waals surface area contributed by atoms with Crippen LogP contribution in [-0.2, 0) is 10.0 Å². The van der Waals surface area contributed by atoms with Crippen LogP contribution in [0.5, 0.6) is 0 Å². The van der Waals surface area contributed by atoms with Crippen LogP contribution in [0.2, 0.25) is 0 Å².